The predicted octanol–water partition coefficient (Wildman–Crippen LogP) is 2.56. The fourth-order valence-corrected chi connectivity index (χ4v) is 1.87. The Hall–Kier alpha value is -2.10. The molecule has 0 atom stereocenters. The van der Waals surface area contributed by atoms with E-state index in [1.165, 1.54) is 0 Å². The molecule has 0 saturated carbocycles. The van der Waals surface area contributed by atoms with Crippen LogP contribution in [0.2, 0.25) is 0 Å². The molecule has 0 bridgehead atoms. The average molecular weight is 231 g/mol. The first-order valence-corrected chi connectivity index (χ1v) is 5.23. The lowest BCUT2D eigenvalue weighted by Crippen LogP contribution is -2.04. The maximum absolute atomic E-state index is 11.3. The number of nitrogens with zero attached hydrogens (tertiary/aromatic N) is 1. The molecule has 1 heterocycles. The van der Waals surface area contributed by atoms with Gasteiger partial charge in [-0.2, -0.15) is 0 Å². The van der Waals surface area contributed by atoms with Crippen molar-refractivity contribution in [2.45, 2.75) is 13.8 Å². The van der Waals surface area contributed by atoms with Crippen molar-refractivity contribution in [2.75, 3.05) is 7.11 Å². The number of carboxylic acid groups (broad SMARTS) is 1. The van der Waals surface area contributed by atoms with Crippen LogP contribution >= 0.6 is 0 Å². The molecule has 0 radical (unpaired) electrons. The Balaban J connectivity index is 2.86. The highest BCUT2D eigenvalue weighted by Crippen LogP contribution is 2.26. The molecule has 17 heavy (non-hydrogen) atoms. The molecule has 0 aliphatic carbocycles. The van der Waals surface area contributed by atoms with Crippen molar-refractivity contribution in [3.05, 3.63) is 35.0 Å². The van der Waals surface area contributed by atoms with Gasteiger partial charge in [-0.3, -0.25) is 4.98 Å². The van der Waals surface area contributed by atoms with Crippen LogP contribution in [-0.2, 0) is 0 Å². The smallest absolute Gasteiger partial charge is 0.336 e. The number of methoxy groups -OCH3 is 1. The molecule has 1 aromatic heterocycles. The van der Waals surface area contributed by atoms with Gasteiger partial charge in [0.25, 0.3) is 0 Å². The number of carbonyl (C=O) groups is 1. The van der Waals surface area contributed by atoms with Crippen LogP contribution in [0, 0.1) is 13.8 Å². The van der Waals surface area contributed by atoms with Crippen LogP contribution in [0.5, 0.6) is 5.75 Å². The minimum atomic E-state index is -0.928. The zero-order chi connectivity index (χ0) is 12.6. The number of aryl methyl sites for hydroxylation is 1. The van der Waals surface area contributed by atoms with E-state index in [-0.39, 0.29) is 0 Å². The average Bonchev–Trinajstić information content (AvgIpc) is 2.29. The molecular formula is C13H13NO3. The van der Waals surface area contributed by atoms with Crippen molar-refractivity contribution in [1.29, 1.82) is 0 Å². The number of hydrogen-bond donors (Lipinski definition) is 1. The molecule has 2 rings (SSSR count). The third-order valence-corrected chi connectivity index (χ3v) is 2.89. The maximum Gasteiger partial charge on any atom is 0.336 e. The van der Waals surface area contributed by atoms with Crippen LogP contribution in [0.1, 0.15) is 21.6 Å². The molecule has 1 aromatic carbocycles. The number of aromatic nitrogens is 1. The maximum atomic E-state index is 11.3. The zero-order valence-corrected chi connectivity index (χ0v) is 9.94. The van der Waals surface area contributed by atoms with E-state index in [9.17, 15) is 9.90 Å². The summed E-state index contributed by atoms with van der Waals surface area (Å²) in [7, 11) is 1.57. The highest BCUT2D eigenvalue weighted by atomic mass is 16.5. The number of ether oxygens (including phenoxy) is 1. The minimum absolute atomic E-state index is 0.315. The molecule has 88 valence electrons. The lowest BCUT2D eigenvalue weighted by atomic mass is 10.0. The Morgan fingerprint density at radius 2 is 2.06 bits per heavy atom. The molecular weight excluding hydrogens is 218 g/mol. The van der Waals surface area contributed by atoms with Crippen molar-refractivity contribution >= 4 is 16.9 Å². The first-order chi connectivity index (χ1) is 8.04. The largest absolute Gasteiger partial charge is 0.497 e. The Bertz CT molecular complexity index is 605. The van der Waals surface area contributed by atoms with E-state index in [0.717, 1.165) is 5.69 Å². The lowest BCUT2D eigenvalue weighted by molar-refractivity contribution is 0.0698. The van der Waals surface area contributed by atoms with E-state index in [1.807, 2.05) is 0 Å². The summed E-state index contributed by atoms with van der Waals surface area (Å²) < 4.78 is 5.11. The van der Waals surface area contributed by atoms with Crippen LogP contribution in [-0.4, -0.2) is 23.2 Å². The summed E-state index contributed by atoms with van der Waals surface area (Å²) in [4.78, 5) is 15.7. The summed E-state index contributed by atoms with van der Waals surface area (Å²) >= 11 is 0. The van der Waals surface area contributed by atoms with Gasteiger partial charge in [0.1, 0.15) is 5.75 Å². The number of carboxylic acids is 1. The Morgan fingerprint density at radius 3 is 2.65 bits per heavy atom. The van der Waals surface area contributed by atoms with Crippen LogP contribution in [0.3, 0.4) is 0 Å². The molecule has 0 spiro atoms. The van der Waals surface area contributed by atoms with Crippen LogP contribution < -0.4 is 4.74 Å². The molecule has 4 heteroatoms. The van der Waals surface area contributed by atoms with Gasteiger partial charge in [-0.25, -0.2) is 4.79 Å². The molecule has 0 unspecified atom stereocenters. The van der Waals surface area contributed by atoms with E-state index >= 15 is 0 Å². The number of rotatable bonds is 2. The molecule has 0 aliphatic rings. The van der Waals surface area contributed by atoms with E-state index < -0.39 is 5.97 Å². The zero-order valence-electron chi connectivity index (χ0n) is 9.94. The summed E-state index contributed by atoms with van der Waals surface area (Å²) in [6, 6.07) is 5.22. The van der Waals surface area contributed by atoms with Crippen molar-refractivity contribution in [2.24, 2.45) is 0 Å². The summed E-state index contributed by atoms with van der Waals surface area (Å²) in [5.74, 6) is -0.257. The fourth-order valence-electron chi connectivity index (χ4n) is 1.87. The highest BCUT2D eigenvalue weighted by Gasteiger charge is 2.15. The molecule has 2 aromatic rings. The highest BCUT2D eigenvalue weighted by molar-refractivity contribution is 6.04. The normalized spacial score (nSPS) is 10.5. The van der Waals surface area contributed by atoms with Gasteiger partial charge in [0.2, 0.25) is 0 Å². The van der Waals surface area contributed by atoms with Gasteiger partial charge < -0.3 is 9.84 Å². The standard InChI is InChI=1S/C13H13NO3/c1-7-8(2)14-11-6-9(17-3)4-5-10(11)12(7)13(15)16/h4-6H,1-3H3,(H,15,16). The number of aromatic carboxylic acids is 1. The second-order valence-electron chi connectivity index (χ2n) is 3.89. The van der Waals surface area contributed by atoms with Gasteiger partial charge >= 0.3 is 5.97 Å². The van der Waals surface area contributed by atoms with Gasteiger partial charge in [-0.15, -0.1) is 0 Å². The van der Waals surface area contributed by atoms with E-state index in [2.05, 4.69) is 4.98 Å². The number of pyridine rings is 1. The molecule has 0 saturated heterocycles. The number of fused-ring (bicyclic) bond motifs is 1. The second-order valence-corrected chi connectivity index (χ2v) is 3.89. The van der Waals surface area contributed by atoms with Crippen molar-refractivity contribution in [1.82, 2.24) is 4.98 Å². The van der Waals surface area contributed by atoms with E-state index in [0.29, 0.717) is 27.8 Å². The van der Waals surface area contributed by atoms with Crippen LogP contribution in [0.25, 0.3) is 10.9 Å². The van der Waals surface area contributed by atoms with E-state index in [1.54, 1.807) is 39.2 Å². The van der Waals surface area contributed by atoms with Crippen LogP contribution in [0.15, 0.2) is 18.2 Å². The van der Waals surface area contributed by atoms with Crippen LogP contribution in [0.4, 0.5) is 0 Å². The van der Waals surface area contributed by atoms with Gasteiger partial charge in [0.05, 0.1) is 18.2 Å². The molecule has 1 N–H and O–H groups in total. The number of hydrogen-bond acceptors (Lipinski definition) is 3. The Labute approximate surface area is 98.9 Å². The quantitative estimate of drug-likeness (QED) is 0.862. The molecule has 4 nitrogen and oxygen atoms in total. The topological polar surface area (TPSA) is 59.4 Å². The summed E-state index contributed by atoms with van der Waals surface area (Å²) in [5.41, 5.74) is 2.39. The fraction of sp³-hybridized carbons (Fsp3) is 0.231. The SMILES string of the molecule is COc1ccc2c(C(=O)O)c(C)c(C)nc2c1. The van der Waals surface area contributed by atoms with Gasteiger partial charge in [-0.1, -0.05) is 0 Å². The predicted molar refractivity (Wildman–Crippen MR) is 64.7 cm³/mol. The van der Waals surface area contributed by atoms with Crippen molar-refractivity contribution < 1.29 is 14.6 Å². The van der Waals surface area contributed by atoms with E-state index in [4.69, 9.17) is 4.74 Å². The third kappa shape index (κ3) is 1.82. The van der Waals surface area contributed by atoms with Crippen molar-refractivity contribution in [3.63, 3.8) is 0 Å². The lowest BCUT2D eigenvalue weighted by Gasteiger charge is -2.09. The van der Waals surface area contributed by atoms with Gasteiger partial charge in [0, 0.05) is 17.1 Å². The first-order valence-electron chi connectivity index (χ1n) is 5.23. The molecule has 0 aliphatic heterocycles. The third-order valence-electron chi connectivity index (χ3n) is 2.89. The van der Waals surface area contributed by atoms with Crippen molar-refractivity contribution in [3.8, 4) is 5.75 Å². The Morgan fingerprint density at radius 1 is 1.35 bits per heavy atom. The van der Waals surface area contributed by atoms with Gasteiger partial charge in [0.15, 0.2) is 0 Å². The second kappa shape index (κ2) is 4.05. The monoisotopic (exact) mass is 231 g/mol. The molecule has 0 amide bonds. The summed E-state index contributed by atoms with van der Waals surface area (Å²) in [6.07, 6.45) is 0. The summed E-state index contributed by atoms with van der Waals surface area (Å²) in [5, 5.41) is 9.90. The first kappa shape index (κ1) is 11.4. The number of benzene rings is 1. The minimum Gasteiger partial charge on any atom is -0.497 e. The Kier molecular flexibility index (Phi) is 2.71. The van der Waals surface area contributed by atoms with Gasteiger partial charge in [-0.05, 0) is 31.5 Å². The summed E-state index contributed by atoms with van der Waals surface area (Å²) in [6.45, 7) is 3.58. The molecule has 0 fully saturated rings.